The molecule has 0 aliphatic rings. The molecule has 53 heavy (non-hydrogen) atoms. The van der Waals surface area contributed by atoms with Crippen molar-refractivity contribution in [2.75, 3.05) is 26.4 Å². The van der Waals surface area contributed by atoms with Gasteiger partial charge in [-0.3, -0.25) is 18.6 Å². The van der Waals surface area contributed by atoms with Crippen LogP contribution < -0.4 is 5.73 Å². The van der Waals surface area contributed by atoms with Gasteiger partial charge in [-0.15, -0.1) is 0 Å². The van der Waals surface area contributed by atoms with Gasteiger partial charge in [0, 0.05) is 19.4 Å². The van der Waals surface area contributed by atoms with Crippen molar-refractivity contribution < 1.29 is 37.6 Å². The molecule has 0 aromatic rings. The molecule has 3 N–H and O–H groups in total. The van der Waals surface area contributed by atoms with Crippen LogP contribution in [0, 0.1) is 0 Å². The van der Waals surface area contributed by atoms with Gasteiger partial charge in [-0.05, 0) is 38.5 Å². The van der Waals surface area contributed by atoms with Crippen molar-refractivity contribution in [2.45, 2.75) is 225 Å². The van der Waals surface area contributed by atoms with Gasteiger partial charge in [0.15, 0.2) is 6.10 Å². The highest BCUT2D eigenvalue weighted by Crippen LogP contribution is 2.43. The first-order valence-corrected chi connectivity index (χ1v) is 23.7. The zero-order chi connectivity index (χ0) is 38.9. The molecule has 10 heteroatoms. The maximum atomic E-state index is 12.6. The van der Waals surface area contributed by atoms with Crippen LogP contribution in [-0.4, -0.2) is 49.3 Å². The number of ether oxygens (including phenoxy) is 2. The van der Waals surface area contributed by atoms with Crippen LogP contribution in [0.15, 0.2) is 12.2 Å². The molecule has 0 amide bonds. The van der Waals surface area contributed by atoms with E-state index in [0.29, 0.717) is 6.42 Å². The molecular weight excluding hydrogens is 689 g/mol. The number of hydrogen-bond donors (Lipinski definition) is 2. The second-order valence-electron chi connectivity index (χ2n) is 14.9. The third-order valence-electron chi connectivity index (χ3n) is 9.65. The summed E-state index contributed by atoms with van der Waals surface area (Å²) in [4.78, 5) is 34.8. The molecule has 0 saturated heterocycles. The van der Waals surface area contributed by atoms with E-state index in [2.05, 4.69) is 26.0 Å². The van der Waals surface area contributed by atoms with E-state index in [1.165, 1.54) is 135 Å². The Bertz CT molecular complexity index is 886. The van der Waals surface area contributed by atoms with Crippen molar-refractivity contribution in [3.8, 4) is 0 Å². The van der Waals surface area contributed by atoms with Gasteiger partial charge in [0.1, 0.15) is 6.61 Å². The minimum absolute atomic E-state index is 0.0552. The van der Waals surface area contributed by atoms with E-state index in [0.717, 1.165) is 51.4 Å². The standard InChI is InChI=1S/C43H84NO8P/c1-3-5-7-9-11-13-15-17-18-19-20-21-22-24-26-28-30-32-34-36-43(46)52-41(40-51-53(47,48)50-38-37-44)39-49-42(45)35-33-31-29-27-25-23-16-14-12-10-8-6-4-2/h14,16,41H,3-13,15,17-40,44H2,1-2H3,(H,47,48)/t41-/m1/s1. The number of unbranched alkanes of at least 4 members (excludes halogenated alkanes) is 27. The first kappa shape index (κ1) is 51.8. The number of carbonyl (C=O) groups is 2. The maximum absolute atomic E-state index is 12.6. The molecule has 2 atom stereocenters. The van der Waals surface area contributed by atoms with E-state index in [1.807, 2.05) is 0 Å². The summed E-state index contributed by atoms with van der Waals surface area (Å²) in [5.41, 5.74) is 5.35. The number of carbonyl (C=O) groups excluding carboxylic acids is 2. The van der Waals surface area contributed by atoms with Crippen LogP contribution in [0.1, 0.15) is 219 Å². The quantitative estimate of drug-likeness (QED) is 0.0269. The summed E-state index contributed by atoms with van der Waals surface area (Å²) in [5, 5.41) is 0. The predicted molar refractivity (Wildman–Crippen MR) is 220 cm³/mol. The highest BCUT2D eigenvalue weighted by Gasteiger charge is 2.26. The Morgan fingerprint density at radius 3 is 1.36 bits per heavy atom. The number of allylic oxidation sites excluding steroid dienone is 2. The highest BCUT2D eigenvalue weighted by atomic mass is 31.2. The largest absolute Gasteiger partial charge is 0.472 e. The van der Waals surface area contributed by atoms with Gasteiger partial charge in [-0.1, -0.05) is 180 Å². The molecule has 0 aromatic carbocycles. The fourth-order valence-electron chi connectivity index (χ4n) is 6.34. The average molecular weight is 774 g/mol. The summed E-state index contributed by atoms with van der Waals surface area (Å²) in [5.74, 6) is -0.828. The smallest absolute Gasteiger partial charge is 0.462 e. The minimum Gasteiger partial charge on any atom is -0.462 e. The number of phosphoric acid groups is 1. The van der Waals surface area contributed by atoms with E-state index in [1.54, 1.807) is 0 Å². The summed E-state index contributed by atoms with van der Waals surface area (Å²) in [6.07, 6.45) is 41.0. The number of hydrogen-bond acceptors (Lipinski definition) is 8. The number of esters is 2. The zero-order valence-electron chi connectivity index (χ0n) is 34.5. The van der Waals surface area contributed by atoms with E-state index in [9.17, 15) is 19.0 Å². The molecular formula is C43H84NO8P. The van der Waals surface area contributed by atoms with E-state index in [4.69, 9.17) is 24.3 Å². The molecule has 0 radical (unpaired) electrons. The number of rotatable bonds is 42. The third-order valence-corrected chi connectivity index (χ3v) is 10.6. The Labute approximate surface area is 326 Å². The second-order valence-corrected chi connectivity index (χ2v) is 16.4. The second kappa shape index (κ2) is 40.4. The lowest BCUT2D eigenvalue weighted by molar-refractivity contribution is -0.161. The van der Waals surface area contributed by atoms with Crippen LogP contribution in [0.2, 0.25) is 0 Å². The van der Waals surface area contributed by atoms with Gasteiger partial charge < -0.3 is 20.1 Å². The van der Waals surface area contributed by atoms with Gasteiger partial charge in [-0.25, -0.2) is 4.57 Å². The first-order chi connectivity index (χ1) is 25.8. The van der Waals surface area contributed by atoms with Crippen LogP contribution >= 0.6 is 7.82 Å². The Kier molecular flexibility index (Phi) is 39.5. The van der Waals surface area contributed by atoms with Crippen molar-refractivity contribution >= 4 is 19.8 Å². The van der Waals surface area contributed by atoms with Crippen molar-refractivity contribution in [2.24, 2.45) is 5.73 Å². The Balaban J connectivity index is 4.09. The van der Waals surface area contributed by atoms with Crippen LogP contribution in [0.5, 0.6) is 0 Å². The SMILES string of the molecule is CCCCCCC=CCCCCCCCC(=O)OC[C@H](COP(=O)(O)OCCN)OC(=O)CCCCCCCCCCCCCCCCCCCCC. The molecule has 314 valence electrons. The van der Waals surface area contributed by atoms with Crippen molar-refractivity contribution in [3.63, 3.8) is 0 Å². The molecule has 0 aliphatic heterocycles. The van der Waals surface area contributed by atoms with E-state index < -0.39 is 26.5 Å². The molecule has 0 fully saturated rings. The number of nitrogens with two attached hydrogens (primary N) is 1. The normalized spacial score (nSPS) is 13.4. The summed E-state index contributed by atoms with van der Waals surface area (Å²) in [7, 11) is -4.37. The first-order valence-electron chi connectivity index (χ1n) is 22.2. The van der Waals surface area contributed by atoms with E-state index in [-0.39, 0.29) is 38.6 Å². The Morgan fingerprint density at radius 2 is 0.925 bits per heavy atom. The maximum Gasteiger partial charge on any atom is 0.472 e. The number of phosphoric ester groups is 1. The molecule has 0 saturated carbocycles. The predicted octanol–water partition coefficient (Wildman–Crippen LogP) is 12.6. The van der Waals surface area contributed by atoms with Gasteiger partial charge in [0.25, 0.3) is 0 Å². The van der Waals surface area contributed by atoms with Crippen molar-refractivity contribution in [1.29, 1.82) is 0 Å². The van der Waals surface area contributed by atoms with Gasteiger partial charge in [-0.2, -0.15) is 0 Å². The lowest BCUT2D eigenvalue weighted by Crippen LogP contribution is -2.29. The fraction of sp³-hybridized carbons (Fsp3) is 0.907. The molecule has 0 spiro atoms. The Morgan fingerprint density at radius 1 is 0.547 bits per heavy atom. The zero-order valence-corrected chi connectivity index (χ0v) is 35.4. The molecule has 0 aromatic heterocycles. The van der Waals surface area contributed by atoms with Gasteiger partial charge >= 0.3 is 19.8 Å². The van der Waals surface area contributed by atoms with Crippen molar-refractivity contribution in [1.82, 2.24) is 0 Å². The van der Waals surface area contributed by atoms with Gasteiger partial charge in [0.2, 0.25) is 0 Å². The van der Waals surface area contributed by atoms with Crippen molar-refractivity contribution in [3.05, 3.63) is 12.2 Å². The summed E-state index contributed by atoms with van der Waals surface area (Å²) in [6, 6.07) is 0. The molecule has 0 aliphatic carbocycles. The van der Waals surface area contributed by atoms with Crippen LogP contribution in [-0.2, 0) is 32.7 Å². The highest BCUT2D eigenvalue weighted by molar-refractivity contribution is 7.47. The molecule has 9 nitrogen and oxygen atoms in total. The molecule has 0 rings (SSSR count). The van der Waals surface area contributed by atoms with Crippen LogP contribution in [0.25, 0.3) is 0 Å². The topological polar surface area (TPSA) is 134 Å². The van der Waals surface area contributed by atoms with Crippen LogP contribution in [0.3, 0.4) is 0 Å². The molecule has 0 bridgehead atoms. The minimum atomic E-state index is -4.37. The summed E-state index contributed by atoms with van der Waals surface area (Å²) in [6.45, 7) is 3.74. The lowest BCUT2D eigenvalue weighted by atomic mass is 10.0. The average Bonchev–Trinajstić information content (AvgIpc) is 3.14. The van der Waals surface area contributed by atoms with E-state index >= 15 is 0 Å². The fourth-order valence-corrected chi connectivity index (χ4v) is 7.10. The molecule has 1 unspecified atom stereocenters. The van der Waals surface area contributed by atoms with Gasteiger partial charge in [0.05, 0.1) is 13.2 Å². The Hall–Kier alpha value is -1.25. The third kappa shape index (κ3) is 40.2. The molecule has 0 heterocycles. The summed E-state index contributed by atoms with van der Waals surface area (Å²) < 4.78 is 32.8. The lowest BCUT2D eigenvalue weighted by Gasteiger charge is -2.19. The summed E-state index contributed by atoms with van der Waals surface area (Å²) >= 11 is 0. The monoisotopic (exact) mass is 774 g/mol. The van der Waals surface area contributed by atoms with Crippen LogP contribution in [0.4, 0.5) is 0 Å².